The molecule has 6 heteroatoms. The Morgan fingerprint density at radius 2 is 1.81 bits per heavy atom. The molecule has 2 aliphatic rings. The smallest absolute Gasteiger partial charge is 0.248 e. The van der Waals surface area contributed by atoms with Crippen LogP contribution < -0.4 is 5.73 Å². The SMILES string of the molecule is CCC(CN)N1CCN(C(=O)C2CCC(F)(F)CC2)CC1. The minimum atomic E-state index is -2.56. The van der Waals surface area contributed by atoms with Crippen molar-refractivity contribution < 1.29 is 13.6 Å². The molecule has 0 radical (unpaired) electrons. The van der Waals surface area contributed by atoms with E-state index in [1.165, 1.54) is 0 Å². The van der Waals surface area contributed by atoms with Crippen molar-refractivity contribution in [1.29, 1.82) is 0 Å². The van der Waals surface area contributed by atoms with Gasteiger partial charge in [0.25, 0.3) is 0 Å². The Balaban J connectivity index is 1.81. The van der Waals surface area contributed by atoms with Crippen LogP contribution in [-0.4, -0.2) is 60.4 Å². The van der Waals surface area contributed by atoms with Gasteiger partial charge in [0.05, 0.1) is 0 Å². The minimum absolute atomic E-state index is 0.0750. The predicted molar refractivity (Wildman–Crippen MR) is 78.2 cm³/mol. The Morgan fingerprint density at radius 3 is 2.29 bits per heavy atom. The first-order valence-corrected chi connectivity index (χ1v) is 8.07. The first-order valence-electron chi connectivity index (χ1n) is 8.07. The number of nitrogens with two attached hydrogens (primary N) is 1. The van der Waals surface area contributed by atoms with Gasteiger partial charge < -0.3 is 10.6 Å². The first kappa shape index (κ1) is 16.6. The van der Waals surface area contributed by atoms with E-state index in [-0.39, 0.29) is 24.7 Å². The molecule has 0 spiro atoms. The molecule has 1 heterocycles. The molecule has 0 aromatic carbocycles. The summed E-state index contributed by atoms with van der Waals surface area (Å²) in [5.74, 6) is -2.69. The fourth-order valence-electron chi connectivity index (χ4n) is 3.43. The molecule has 1 aliphatic carbocycles. The Kier molecular flexibility index (Phi) is 5.54. The monoisotopic (exact) mass is 303 g/mol. The van der Waals surface area contributed by atoms with Gasteiger partial charge in [-0.1, -0.05) is 6.92 Å². The third kappa shape index (κ3) is 4.13. The Morgan fingerprint density at radius 1 is 1.24 bits per heavy atom. The molecule has 0 aromatic rings. The zero-order valence-electron chi connectivity index (χ0n) is 12.9. The summed E-state index contributed by atoms with van der Waals surface area (Å²) in [6.07, 6.45) is 1.38. The summed E-state index contributed by atoms with van der Waals surface area (Å²) in [6.45, 7) is 5.83. The number of hydrogen-bond donors (Lipinski definition) is 1. The summed E-state index contributed by atoms with van der Waals surface area (Å²) >= 11 is 0. The number of rotatable bonds is 4. The third-order valence-corrected chi connectivity index (χ3v) is 4.95. The van der Waals surface area contributed by atoms with Crippen LogP contribution in [0.1, 0.15) is 39.0 Å². The fourth-order valence-corrected chi connectivity index (χ4v) is 3.43. The average molecular weight is 303 g/mol. The normalized spacial score (nSPS) is 25.8. The number of piperazine rings is 1. The Labute approximate surface area is 125 Å². The molecular weight excluding hydrogens is 276 g/mol. The van der Waals surface area contributed by atoms with Gasteiger partial charge in [-0.15, -0.1) is 0 Å². The van der Waals surface area contributed by atoms with E-state index in [1.807, 2.05) is 4.90 Å². The van der Waals surface area contributed by atoms with E-state index >= 15 is 0 Å². The molecule has 4 nitrogen and oxygen atoms in total. The van der Waals surface area contributed by atoms with E-state index < -0.39 is 5.92 Å². The average Bonchev–Trinajstić information content (AvgIpc) is 2.48. The van der Waals surface area contributed by atoms with Crippen molar-refractivity contribution in [3.8, 4) is 0 Å². The van der Waals surface area contributed by atoms with Crippen LogP contribution >= 0.6 is 0 Å². The largest absolute Gasteiger partial charge is 0.340 e. The molecule has 1 amide bonds. The molecule has 1 saturated carbocycles. The van der Waals surface area contributed by atoms with Crippen molar-refractivity contribution in [3.63, 3.8) is 0 Å². The molecule has 2 fully saturated rings. The Hall–Kier alpha value is -0.750. The summed E-state index contributed by atoms with van der Waals surface area (Å²) in [5, 5.41) is 0. The van der Waals surface area contributed by atoms with Crippen LogP contribution in [-0.2, 0) is 4.79 Å². The molecule has 1 unspecified atom stereocenters. The van der Waals surface area contributed by atoms with Gasteiger partial charge in [0.1, 0.15) is 0 Å². The lowest BCUT2D eigenvalue weighted by Gasteiger charge is -2.40. The van der Waals surface area contributed by atoms with Crippen LogP contribution in [0.2, 0.25) is 0 Å². The summed E-state index contributed by atoms with van der Waals surface area (Å²) in [6, 6.07) is 0.385. The molecule has 21 heavy (non-hydrogen) atoms. The van der Waals surface area contributed by atoms with Crippen LogP contribution in [0.5, 0.6) is 0 Å². The molecule has 1 saturated heterocycles. The van der Waals surface area contributed by atoms with Crippen LogP contribution in [0.15, 0.2) is 0 Å². The maximum atomic E-state index is 13.2. The van der Waals surface area contributed by atoms with Crippen molar-refractivity contribution in [3.05, 3.63) is 0 Å². The molecule has 2 N–H and O–H groups in total. The van der Waals surface area contributed by atoms with Crippen molar-refractivity contribution in [2.24, 2.45) is 11.7 Å². The number of hydrogen-bond acceptors (Lipinski definition) is 3. The van der Waals surface area contributed by atoms with Crippen LogP contribution in [0.4, 0.5) is 8.78 Å². The lowest BCUT2D eigenvalue weighted by atomic mass is 9.86. The topological polar surface area (TPSA) is 49.6 Å². The summed E-state index contributed by atoms with van der Waals surface area (Å²) in [4.78, 5) is 16.6. The van der Waals surface area contributed by atoms with E-state index in [9.17, 15) is 13.6 Å². The van der Waals surface area contributed by atoms with Gasteiger partial charge in [0.15, 0.2) is 0 Å². The molecule has 122 valence electrons. The van der Waals surface area contributed by atoms with Crippen molar-refractivity contribution >= 4 is 5.91 Å². The number of amides is 1. The molecule has 1 atom stereocenters. The summed E-state index contributed by atoms with van der Waals surface area (Å²) in [7, 11) is 0. The highest BCUT2D eigenvalue weighted by atomic mass is 19.3. The highest BCUT2D eigenvalue weighted by molar-refractivity contribution is 5.79. The first-order chi connectivity index (χ1) is 9.96. The predicted octanol–water partition coefficient (Wildman–Crippen LogP) is 1.69. The second kappa shape index (κ2) is 7.01. The van der Waals surface area contributed by atoms with E-state index in [4.69, 9.17) is 5.73 Å². The van der Waals surface area contributed by atoms with Gasteiger partial charge in [0.2, 0.25) is 11.8 Å². The zero-order chi connectivity index (χ0) is 15.5. The standard InChI is InChI=1S/C15H27F2N3O/c1-2-13(11-18)19-7-9-20(10-8-19)14(21)12-3-5-15(16,17)6-4-12/h12-13H,2-11,18H2,1H3. The van der Waals surface area contributed by atoms with Gasteiger partial charge in [-0.2, -0.15) is 0 Å². The highest BCUT2D eigenvalue weighted by Gasteiger charge is 2.39. The van der Waals surface area contributed by atoms with E-state index in [2.05, 4.69) is 11.8 Å². The van der Waals surface area contributed by atoms with Crippen LogP contribution in [0.25, 0.3) is 0 Å². The molecule has 0 aromatic heterocycles. The van der Waals surface area contributed by atoms with E-state index in [0.29, 0.717) is 38.5 Å². The fraction of sp³-hybridized carbons (Fsp3) is 0.933. The molecule has 0 bridgehead atoms. The van der Waals surface area contributed by atoms with Crippen LogP contribution in [0, 0.1) is 5.92 Å². The number of carbonyl (C=O) groups excluding carboxylic acids is 1. The van der Waals surface area contributed by atoms with Crippen molar-refractivity contribution in [2.45, 2.75) is 51.0 Å². The number of nitrogens with zero attached hydrogens (tertiary/aromatic N) is 2. The van der Waals surface area contributed by atoms with Gasteiger partial charge in [0, 0.05) is 57.5 Å². The van der Waals surface area contributed by atoms with Gasteiger partial charge in [-0.05, 0) is 19.3 Å². The van der Waals surface area contributed by atoms with Crippen molar-refractivity contribution in [1.82, 2.24) is 9.80 Å². The number of carbonyl (C=O) groups is 1. The highest BCUT2D eigenvalue weighted by Crippen LogP contribution is 2.36. The summed E-state index contributed by atoms with van der Waals surface area (Å²) < 4.78 is 26.3. The zero-order valence-corrected chi connectivity index (χ0v) is 12.9. The quantitative estimate of drug-likeness (QED) is 0.860. The number of alkyl halides is 2. The maximum absolute atomic E-state index is 13.2. The lowest BCUT2D eigenvalue weighted by molar-refractivity contribution is -0.141. The van der Waals surface area contributed by atoms with Crippen molar-refractivity contribution in [2.75, 3.05) is 32.7 Å². The minimum Gasteiger partial charge on any atom is -0.340 e. The molecular formula is C15H27F2N3O. The molecule has 1 aliphatic heterocycles. The Bertz CT molecular complexity index is 343. The van der Waals surface area contributed by atoms with Crippen LogP contribution in [0.3, 0.4) is 0 Å². The van der Waals surface area contributed by atoms with E-state index in [1.54, 1.807) is 0 Å². The second-order valence-corrected chi connectivity index (χ2v) is 6.29. The lowest BCUT2D eigenvalue weighted by Crippen LogP contribution is -2.54. The van der Waals surface area contributed by atoms with E-state index in [0.717, 1.165) is 19.5 Å². The molecule has 2 rings (SSSR count). The second-order valence-electron chi connectivity index (χ2n) is 6.29. The van der Waals surface area contributed by atoms with Gasteiger partial charge in [-0.3, -0.25) is 9.69 Å². The maximum Gasteiger partial charge on any atom is 0.248 e. The summed E-state index contributed by atoms with van der Waals surface area (Å²) in [5.41, 5.74) is 5.76. The van der Waals surface area contributed by atoms with Gasteiger partial charge >= 0.3 is 0 Å². The van der Waals surface area contributed by atoms with Gasteiger partial charge in [-0.25, -0.2) is 8.78 Å². The third-order valence-electron chi connectivity index (χ3n) is 4.95. The number of halogens is 2.